The molecule has 1 heterocycles. The van der Waals surface area contributed by atoms with E-state index in [-0.39, 0.29) is 0 Å². The molecule has 0 amide bonds. The quantitative estimate of drug-likeness (QED) is 0.470. The average molecular weight is 167 g/mol. The molecule has 0 fully saturated rings. The van der Waals surface area contributed by atoms with Crippen molar-refractivity contribution in [2.45, 2.75) is 6.54 Å². The molecule has 64 valence electrons. The molecule has 1 aromatic rings. The van der Waals surface area contributed by atoms with E-state index in [0.29, 0.717) is 12.1 Å². The van der Waals surface area contributed by atoms with Gasteiger partial charge in [-0.05, 0) is 0 Å². The summed E-state index contributed by atoms with van der Waals surface area (Å²) in [5, 5.41) is 3.81. The van der Waals surface area contributed by atoms with Crippen LogP contribution < -0.4 is 0 Å². The van der Waals surface area contributed by atoms with E-state index >= 15 is 0 Å². The summed E-state index contributed by atoms with van der Waals surface area (Å²) >= 11 is 0. The molecule has 0 aliphatic rings. The number of nitrogens with zero attached hydrogens (tertiary/aromatic N) is 3. The summed E-state index contributed by atoms with van der Waals surface area (Å²) in [7, 11) is 1.31. The van der Waals surface area contributed by atoms with E-state index in [1.54, 1.807) is 0 Å². The summed E-state index contributed by atoms with van der Waals surface area (Å²) in [6.07, 6.45) is 2.90. The molecule has 0 spiro atoms. The van der Waals surface area contributed by atoms with Crippen LogP contribution in [0.4, 0.5) is 0 Å². The van der Waals surface area contributed by atoms with Gasteiger partial charge >= 0.3 is 5.97 Å². The first-order valence-corrected chi connectivity index (χ1v) is 3.32. The molecule has 0 bridgehead atoms. The zero-order valence-corrected chi connectivity index (χ0v) is 6.73. The lowest BCUT2D eigenvalue weighted by Gasteiger charge is -2.01. The van der Waals surface area contributed by atoms with Crippen LogP contribution in [0.5, 0.6) is 0 Å². The Bertz CT molecular complexity index is 279. The lowest BCUT2D eigenvalue weighted by atomic mass is 10.3. The van der Waals surface area contributed by atoms with E-state index in [1.807, 2.05) is 0 Å². The monoisotopic (exact) mass is 167 g/mol. The van der Waals surface area contributed by atoms with Crippen molar-refractivity contribution in [1.29, 1.82) is 0 Å². The first-order chi connectivity index (χ1) is 5.74. The molecule has 5 nitrogen and oxygen atoms in total. The molecule has 0 aliphatic heterocycles. The number of carbonyl (C=O) groups is 1. The Morgan fingerprint density at radius 1 is 1.75 bits per heavy atom. The largest absolute Gasteiger partial charge is 0.466 e. The molecule has 0 atom stereocenters. The van der Waals surface area contributed by atoms with Crippen LogP contribution in [0, 0.1) is 0 Å². The van der Waals surface area contributed by atoms with Crippen molar-refractivity contribution in [3.63, 3.8) is 0 Å². The Kier molecular flexibility index (Phi) is 2.57. The second-order valence-corrected chi connectivity index (χ2v) is 2.19. The van der Waals surface area contributed by atoms with E-state index in [9.17, 15) is 4.79 Å². The zero-order chi connectivity index (χ0) is 8.97. The fourth-order valence-electron chi connectivity index (χ4n) is 0.719. The number of esters is 1. The number of aromatic nitrogens is 3. The van der Waals surface area contributed by atoms with Crippen LogP contribution >= 0.6 is 0 Å². The highest BCUT2D eigenvalue weighted by atomic mass is 16.5. The topological polar surface area (TPSA) is 57.0 Å². The van der Waals surface area contributed by atoms with Crippen LogP contribution in [-0.4, -0.2) is 27.8 Å². The third kappa shape index (κ3) is 1.91. The Morgan fingerprint density at radius 3 is 3.00 bits per heavy atom. The second-order valence-electron chi connectivity index (χ2n) is 2.19. The fourth-order valence-corrected chi connectivity index (χ4v) is 0.719. The van der Waals surface area contributed by atoms with Gasteiger partial charge in [-0.15, -0.1) is 0 Å². The Morgan fingerprint density at radius 2 is 2.50 bits per heavy atom. The number of methoxy groups -OCH3 is 1. The fraction of sp³-hybridized carbons (Fsp3) is 0.286. The van der Waals surface area contributed by atoms with Gasteiger partial charge in [-0.2, -0.15) is 5.10 Å². The van der Waals surface area contributed by atoms with Crippen molar-refractivity contribution < 1.29 is 9.53 Å². The van der Waals surface area contributed by atoms with Crippen LogP contribution in [0.1, 0.15) is 0 Å². The van der Waals surface area contributed by atoms with E-state index in [4.69, 9.17) is 0 Å². The van der Waals surface area contributed by atoms with E-state index in [1.165, 1.54) is 24.4 Å². The predicted octanol–water partition coefficient (Wildman–Crippen LogP) is 0.00730. The molecule has 1 aromatic heterocycles. The van der Waals surface area contributed by atoms with Crippen molar-refractivity contribution in [1.82, 2.24) is 14.8 Å². The molecule has 0 N–H and O–H groups in total. The Balaban J connectivity index is 2.53. The molecule has 1 rings (SSSR count). The number of rotatable bonds is 3. The molecule has 12 heavy (non-hydrogen) atoms. The summed E-state index contributed by atoms with van der Waals surface area (Å²) < 4.78 is 5.96. The summed E-state index contributed by atoms with van der Waals surface area (Å²) in [4.78, 5) is 14.6. The van der Waals surface area contributed by atoms with Gasteiger partial charge in [-0.1, -0.05) is 6.58 Å². The van der Waals surface area contributed by atoms with Crippen molar-refractivity contribution in [3.8, 4) is 0 Å². The van der Waals surface area contributed by atoms with Crippen LogP contribution in [0.15, 0.2) is 24.8 Å². The summed E-state index contributed by atoms with van der Waals surface area (Å²) in [5.41, 5.74) is 0.350. The van der Waals surface area contributed by atoms with Crippen LogP contribution in [0.2, 0.25) is 0 Å². The van der Waals surface area contributed by atoms with Gasteiger partial charge in [-0.3, -0.25) is 0 Å². The maximum Gasteiger partial charge on any atom is 0.335 e. The van der Waals surface area contributed by atoms with Gasteiger partial charge in [0, 0.05) is 0 Å². The normalized spacial score (nSPS) is 9.42. The Hall–Kier alpha value is -1.65. The standard InChI is InChI=1S/C7H9N3O2/c1-6(7(11)12-2)3-10-5-8-4-9-10/h4-5H,1,3H2,2H3. The molecule has 0 aliphatic carbocycles. The van der Waals surface area contributed by atoms with Crippen LogP contribution in [0.25, 0.3) is 0 Å². The molecule has 0 saturated carbocycles. The van der Waals surface area contributed by atoms with E-state index in [2.05, 4.69) is 21.4 Å². The van der Waals surface area contributed by atoms with Crippen molar-refractivity contribution in [2.24, 2.45) is 0 Å². The maximum absolute atomic E-state index is 10.9. The van der Waals surface area contributed by atoms with Gasteiger partial charge in [0.05, 0.1) is 19.2 Å². The van der Waals surface area contributed by atoms with Crippen molar-refractivity contribution in [2.75, 3.05) is 7.11 Å². The highest BCUT2D eigenvalue weighted by Crippen LogP contribution is 1.96. The molecule has 0 unspecified atom stereocenters. The minimum Gasteiger partial charge on any atom is -0.466 e. The third-order valence-electron chi connectivity index (χ3n) is 1.29. The number of hydrogen-bond donors (Lipinski definition) is 0. The van der Waals surface area contributed by atoms with Crippen molar-refractivity contribution in [3.05, 3.63) is 24.8 Å². The maximum atomic E-state index is 10.9. The molecular formula is C7H9N3O2. The van der Waals surface area contributed by atoms with Gasteiger partial charge in [0.1, 0.15) is 12.7 Å². The molecule has 5 heteroatoms. The summed E-state index contributed by atoms with van der Waals surface area (Å²) in [6, 6.07) is 0. The van der Waals surface area contributed by atoms with E-state index < -0.39 is 5.97 Å². The lowest BCUT2D eigenvalue weighted by Crippen LogP contribution is -2.10. The molecule has 0 aromatic carbocycles. The number of hydrogen-bond acceptors (Lipinski definition) is 4. The highest BCUT2D eigenvalue weighted by molar-refractivity contribution is 5.87. The second kappa shape index (κ2) is 3.66. The molecular weight excluding hydrogens is 158 g/mol. The molecule has 0 radical (unpaired) electrons. The van der Waals surface area contributed by atoms with Gasteiger partial charge in [0.2, 0.25) is 0 Å². The number of carbonyl (C=O) groups excluding carboxylic acids is 1. The summed E-state index contributed by atoms with van der Waals surface area (Å²) in [6.45, 7) is 3.85. The predicted molar refractivity (Wildman–Crippen MR) is 41.2 cm³/mol. The average Bonchev–Trinajstić information content (AvgIpc) is 2.55. The molecule has 0 saturated heterocycles. The van der Waals surface area contributed by atoms with Crippen molar-refractivity contribution >= 4 is 5.97 Å². The van der Waals surface area contributed by atoms with Crippen LogP contribution in [-0.2, 0) is 16.1 Å². The first kappa shape index (κ1) is 8.45. The van der Waals surface area contributed by atoms with Gasteiger partial charge < -0.3 is 4.74 Å². The van der Waals surface area contributed by atoms with Gasteiger partial charge in [0.15, 0.2) is 0 Å². The SMILES string of the molecule is C=C(Cn1cncn1)C(=O)OC. The smallest absolute Gasteiger partial charge is 0.335 e. The zero-order valence-electron chi connectivity index (χ0n) is 6.73. The minimum absolute atomic E-state index is 0.312. The minimum atomic E-state index is -0.425. The van der Waals surface area contributed by atoms with Crippen LogP contribution in [0.3, 0.4) is 0 Å². The number of ether oxygens (including phenoxy) is 1. The van der Waals surface area contributed by atoms with E-state index in [0.717, 1.165) is 0 Å². The highest BCUT2D eigenvalue weighted by Gasteiger charge is 2.06. The summed E-state index contributed by atoms with van der Waals surface area (Å²) in [5.74, 6) is -0.425. The Labute approximate surface area is 69.7 Å². The third-order valence-corrected chi connectivity index (χ3v) is 1.29. The van der Waals surface area contributed by atoms with Gasteiger partial charge in [0.25, 0.3) is 0 Å². The first-order valence-electron chi connectivity index (χ1n) is 3.32. The van der Waals surface area contributed by atoms with Gasteiger partial charge in [-0.25, -0.2) is 14.5 Å². The lowest BCUT2D eigenvalue weighted by molar-refractivity contribution is -0.136.